The molecule has 1 aromatic heterocycles. The second-order valence-corrected chi connectivity index (χ2v) is 15.5. The zero-order valence-electron chi connectivity index (χ0n) is 19.7. The van der Waals surface area contributed by atoms with Crippen LogP contribution in [0.2, 0.25) is 25.7 Å². The summed E-state index contributed by atoms with van der Waals surface area (Å²) in [6.07, 6.45) is 1.54. The Labute approximate surface area is 199 Å². The van der Waals surface area contributed by atoms with Crippen LogP contribution < -0.4 is 10.2 Å². The summed E-state index contributed by atoms with van der Waals surface area (Å²) in [5.74, 6) is -0.595. The molecule has 2 heterocycles. The molecule has 0 spiro atoms. The fourth-order valence-electron chi connectivity index (χ4n) is 4.29. The Hall–Kier alpha value is -3.49. The van der Waals surface area contributed by atoms with Gasteiger partial charge >= 0.3 is 0 Å². The van der Waals surface area contributed by atoms with Crippen molar-refractivity contribution in [3.63, 3.8) is 0 Å². The van der Waals surface area contributed by atoms with Crippen molar-refractivity contribution in [2.24, 2.45) is 0 Å². The number of benzene rings is 3. The quantitative estimate of drug-likeness (QED) is 0.228. The van der Waals surface area contributed by atoms with Crippen molar-refractivity contribution in [2.75, 3.05) is 16.8 Å². The van der Waals surface area contributed by atoms with Crippen LogP contribution >= 0.6 is 0 Å². The summed E-state index contributed by atoms with van der Waals surface area (Å²) in [4.78, 5) is 27.5. The molecule has 174 valence electrons. The van der Waals surface area contributed by atoms with Gasteiger partial charge in [0.1, 0.15) is 13.2 Å². The molecule has 4 aromatic rings. The van der Waals surface area contributed by atoms with Crippen molar-refractivity contribution in [1.29, 1.82) is 0 Å². The summed E-state index contributed by atoms with van der Waals surface area (Å²) >= 11 is 0. The summed E-state index contributed by atoms with van der Waals surface area (Å²) in [6, 6.07) is 18.6. The first kappa shape index (κ1) is 22.3. The van der Waals surface area contributed by atoms with Gasteiger partial charge in [-0.25, -0.2) is 4.68 Å². The standard InChI is InChI=1S/C26H28N4O3Si/c1-34(2,3)14-13-33-17-29-21-9-6-10-22(20(21)16-27-29)30-23-12-11-18-7-4-5-8-19(18)26(23)28-24(31)15-25(30)32/h4-12,16H,13-15,17H2,1-3H3,(H,28,31). The van der Waals surface area contributed by atoms with E-state index in [2.05, 4.69) is 30.1 Å². The van der Waals surface area contributed by atoms with Crippen LogP contribution in [0, 0.1) is 0 Å². The fraction of sp³-hybridized carbons (Fsp3) is 0.269. The molecule has 2 amide bonds. The Morgan fingerprint density at radius 2 is 1.79 bits per heavy atom. The number of hydrogen-bond donors (Lipinski definition) is 1. The molecule has 0 aliphatic carbocycles. The minimum absolute atomic E-state index is 0.229. The Morgan fingerprint density at radius 1 is 0.971 bits per heavy atom. The van der Waals surface area contributed by atoms with Crippen LogP contribution in [0.4, 0.5) is 17.1 Å². The second kappa shape index (κ2) is 8.70. The van der Waals surface area contributed by atoms with Gasteiger partial charge in [-0.2, -0.15) is 5.10 Å². The molecule has 1 N–H and O–H groups in total. The van der Waals surface area contributed by atoms with Crippen molar-refractivity contribution in [3.8, 4) is 0 Å². The number of aromatic nitrogens is 2. The highest BCUT2D eigenvalue weighted by Crippen LogP contribution is 2.41. The lowest BCUT2D eigenvalue weighted by Gasteiger charge is -2.24. The number of carbonyl (C=O) groups excluding carboxylic acids is 2. The summed E-state index contributed by atoms with van der Waals surface area (Å²) in [6.45, 7) is 8.03. The second-order valence-electron chi connectivity index (χ2n) is 9.84. The average molecular weight is 473 g/mol. The van der Waals surface area contributed by atoms with E-state index in [1.807, 2.05) is 59.3 Å². The van der Waals surface area contributed by atoms with E-state index in [0.29, 0.717) is 30.4 Å². The van der Waals surface area contributed by atoms with E-state index in [1.165, 1.54) is 0 Å². The van der Waals surface area contributed by atoms with Gasteiger partial charge in [0.25, 0.3) is 0 Å². The van der Waals surface area contributed by atoms with Crippen LogP contribution in [0.5, 0.6) is 0 Å². The maximum atomic E-state index is 13.3. The Morgan fingerprint density at radius 3 is 2.62 bits per heavy atom. The number of hydrogen-bond acceptors (Lipinski definition) is 4. The Balaban J connectivity index is 1.56. The summed E-state index contributed by atoms with van der Waals surface area (Å²) in [5, 5.41) is 10.2. The van der Waals surface area contributed by atoms with Crippen LogP contribution in [0.3, 0.4) is 0 Å². The third-order valence-corrected chi connectivity index (χ3v) is 7.79. The van der Waals surface area contributed by atoms with Gasteiger partial charge in [0.15, 0.2) is 0 Å². The predicted molar refractivity (Wildman–Crippen MR) is 138 cm³/mol. The Kier molecular flexibility index (Phi) is 5.71. The molecule has 0 saturated heterocycles. The molecule has 0 atom stereocenters. The molecule has 0 fully saturated rings. The number of nitrogens with zero attached hydrogens (tertiary/aromatic N) is 3. The van der Waals surface area contributed by atoms with Gasteiger partial charge in [-0.15, -0.1) is 0 Å². The van der Waals surface area contributed by atoms with E-state index < -0.39 is 8.07 Å². The van der Waals surface area contributed by atoms with Crippen LogP contribution in [0.1, 0.15) is 6.42 Å². The van der Waals surface area contributed by atoms with Crippen molar-refractivity contribution in [2.45, 2.75) is 38.8 Å². The number of rotatable bonds is 6. The molecule has 7 nitrogen and oxygen atoms in total. The molecule has 1 aliphatic heterocycles. The number of nitrogens with one attached hydrogen (secondary N) is 1. The molecular weight excluding hydrogens is 444 g/mol. The van der Waals surface area contributed by atoms with Gasteiger partial charge in [0, 0.05) is 25.5 Å². The lowest BCUT2D eigenvalue weighted by atomic mass is 10.1. The van der Waals surface area contributed by atoms with Crippen molar-refractivity contribution in [1.82, 2.24) is 9.78 Å². The topological polar surface area (TPSA) is 76.5 Å². The van der Waals surface area contributed by atoms with Gasteiger partial charge in [-0.1, -0.05) is 56.0 Å². The minimum atomic E-state index is -1.17. The molecule has 5 rings (SSSR count). The molecule has 3 aromatic carbocycles. The van der Waals surface area contributed by atoms with E-state index in [-0.39, 0.29) is 18.2 Å². The highest BCUT2D eigenvalue weighted by molar-refractivity contribution is 6.76. The summed E-state index contributed by atoms with van der Waals surface area (Å²) in [5.41, 5.74) is 2.88. The lowest BCUT2D eigenvalue weighted by molar-refractivity contribution is -0.124. The van der Waals surface area contributed by atoms with Crippen LogP contribution in [0.15, 0.2) is 60.8 Å². The van der Waals surface area contributed by atoms with Gasteiger partial charge in [0.2, 0.25) is 11.8 Å². The maximum absolute atomic E-state index is 13.3. The largest absolute Gasteiger partial charge is 0.360 e. The van der Waals surface area contributed by atoms with Crippen molar-refractivity contribution < 1.29 is 14.3 Å². The SMILES string of the molecule is C[Si](C)(C)CCOCn1ncc2c(N3C(=O)CC(=O)Nc4c3ccc3ccccc43)cccc21. The number of anilines is 3. The monoisotopic (exact) mass is 472 g/mol. The molecule has 0 bridgehead atoms. The maximum Gasteiger partial charge on any atom is 0.241 e. The van der Waals surface area contributed by atoms with Gasteiger partial charge in [0.05, 0.1) is 28.8 Å². The number of carbonyl (C=O) groups is 2. The molecule has 0 saturated carbocycles. The van der Waals surface area contributed by atoms with Gasteiger partial charge in [-0.3, -0.25) is 14.5 Å². The zero-order valence-corrected chi connectivity index (χ0v) is 20.7. The first-order chi connectivity index (χ1) is 16.3. The van der Waals surface area contributed by atoms with Gasteiger partial charge < -0.3 is 10.1 Å². The van der Waals surface area contributed by atoms with Crippen LogP contribution in [-0.4, -0.2) is 36.3 Å². The third kappa shape index (κ3) is 4.22. The Bertz CT molecular complexity index is 1410. The van der Waals surface area contributed by atoms with E-state index in [1.54, 1.807) is 11.1 Å². The third-order valence-electron chi connectivity index (χ3n) is 6.09. The summed E-state index contributed by atoms with van der Waals surface area (Å²) < 4.78 is 7.72. The first-order valence-corrected chi connectivity index (χ1v) is 15.2. The highest BCUT2D eigenvalue weighted by atomic mass is 28.3. The number of ether oxygens (including phenoxy) is 1. The summed E-state index contributed by atoms with van der Waals surface area (Å²) in [7, 11) is -1.17. The molecule has 1 aliphatic rings. The smallest absolute Gasteiger partial charge is 0.241 e. The fourth-order valence-corrected chi connectivity index (χ4v) is 5.05. The van der Waals surface area contributed by atoms with E-state index in [4.69, 9.17) is 4.74 Å². The van der Waals surface area contributed by atoms with Crippen molar-refractivity contribution >= 4 is 58.6 Å². The van der Waals surface area contributed by atoms with E-state index >= 15 is 0 Å². The normalized spacial score (nSPS) is 14.4. The molecule has 34 heavy (non-hydrogen) atoms. The molecule has 8 heteroatoms. The molecular formula is C26H28N4O3Si. The highest BCUT2D eigenvalue weighted by Gasteiger charge is 2.30. The number of amides is 2. The van der Waals surface area contributed by atoms with E-state index in [0.717, 1.165) is 27.7 Å². The van der Waals surface area contributed by atoms with Crippen molar-refractivity contribution in [3.05, 3.63) is 60.8 Å². The average Bonchev–Trinajstić information content (AvgIpc) is 3.15. The number of fused-ring (bicyclic) bond motifs is 4. The predicted octanol–water partition coefficient (Wildman–Crippen LogP) is 5.51. The first-order valence-electron chi connectivity index (χ1n) is 11.5. The van der Waals surface area contributed by atoms with Gasteiger partial charge in [-0.05, 0) is 29.6 Å². The minimum Gasteiger partial charge on any atom is -0.360 e. The van der Waals surface area contributed by atoms with Crippen LogP contribution in [-0.2, 0) is 21.1 Å². The lowest BCUT2D eigenvalue weighted by Crippen LogP contribution is -2.26. The zero-order chi connectivity index (χ0) is 23.9. The molecule has 0 radical (unpaired) electrons. The van der Waals surface area contributed by atoms with E-state index in [9.17, 15) is 9.59 Å². The van der Waals surface area contributed by atoms with Crippen LogP contribution in [0.25, 0.3) is 21.7 Å². The molecule has 0 unspecified atom stereocenters.